The van der Waals surface area contributed by atoms with E-state index in [1.165, 1.54) is 11.3 Å². The summed E-state index contributed by atoms with van der Waals surface area (Å²) < 4.78 is 0. The van der Waals surface area contributed by atoms with Crippen LogP contribution in [0.2, 0.25) is 0 Å². The minimum atomic E-state index is -0.0839. The van der Waals surface area contributed by atoms with Crippen molar-refractivity contribution in [2.45, 2.75) is 19.3 Å². The molecule has 0 aromatic heterocycles. The number of nitrogens with zero attached hydrogens (tertiary/aromatic N) is 3. The summed E-state index contributed by atoms with van der Waals surface area (Å²) in [7, 11) is 3.93. The maximum atomic E-state index is 12.7. The van der Waals surface area contributed by atoms with Crippen LogP contribution in [-0.2, 0) is 9.59 Å². The van der Waals surface area contributed by atoms with E-state index in [0.717, 1.165) is 38.4 Å². The largest absolute Gasteiger partial charge is 0.356 e. The van der Waals surface area contributed by atoms with Crippen LogP contribution in [-0.4, -0.2) is 74.4 Å². The van der Waals surface area contributed by atoms with Crippen molar-refractivity contribution in [3.05, 3.63) is 12.2 Å². The maximum Gasteiger partial charge on any atom is 0.233 e. The average molecular weight is 501 g/mol. The number of aliphatic imine (C=N–C) groups is 1. The van der Waals surface area contributed by atoms with Crippen molar-refractivity contribution in [2.75, 3.05) is 46.8 Å². The summed E-state index contributed by atoms with van der Waals surface area (Å²) in [4.78, 5) is 33.4. The van der Waals surface area contributed by atoms with Gasteiger partial charge in [-0.1, -0.05) is 12.2 Å². The van der Waals surface area contributed by atoms with Crippen LogP contribution in [0.4, 0.5) is 0 Å². The van der Waals surface area contributed by atoms with E-state index in [0.29, 0.717) is 19.0 Å². The number of halogens is 1. The Balaban J connectivity index is 0.00000225. The van der Waals surface area contributed by atoms with E-state index in [9.17, 15) is 9.59 Å². The molecule has 2 aliphatic carbocycles. The van der Waals surface area contributed by atoms with Gasteiger partial charge >= 0.3 is 0 Å². The number of carbonyl (C=O) groups excluding carboxylic acids is 2. The number of rotatable bonds is 6. The van der Waals surface area contributed by atoms with E-state index in [4.69, 9.17) is 0 Å². The SMILES string of the molecule is CN=C(NCCCN1C(=O)C2C3C=CC(C3)C2C1=O)NCC1CCN(C)C1.I. The Morgan fingerprint density at radius 2 is 1.86 bits per heavy atom. The predicted octanol–water partition coefficient (Wildman–Crippen LogP) is 0.918. The van der Waals surface area contributed by atoms with Crippen LogP contribution in [0.3, 0.4) is 0 Å². The third kappa shape index (κ3) is 4.08. The fourth-order valence-corrected chi connectivity index (χ4v) is 5.28. The smallest absolute Gasteiger partial charge is 0.233 e. The normalized spacial score (nSPS) is 34.1. The number of nitrogens with one attached hydrogen (secondary N) is 2. The molecule has 3 fully saturated rings. The van der Waals surface area contributed by atoms with Gasteiger partial charge in [-0.3, -0.25) is 19.5 Å². The van der Waals surface area contributed by atoms with Gasteiger partial charge in [0.1, 0.15) is 0 Å². The first-order valence-electron chi connectivity index (χ1n) is 10.2. The maximum absolute atomic E-state index is 12.7. The van der Waals surface area contributed by atoms with Crippen molar-refractivity contribution < 1.29 is 9.59 Å². The topological polar surface area (TPSA) is 77.0 Å². The van der Waals surface area contributed by atoms with Gasteiger partial charge in [-0.2, -0.15) is 0 Å². The van der Waals surface area contributed by atoms with Gasteiger partial charge < -0.3 is 15.5 Å². The van der Waals surface area contributed by atoms with Crippen molar-refractivity contribution in [3.8, 4) is 0 Å². The number of hydrogen-bond donors (Lipinski definition) is 2. The number of fused-ring (bicyclic) bond motifs is 5. The number of guanidine groups is 1. The second kappa shape index (κ2) is 9.11. The van der Waals surface area contributed by atoms with Gasteiger partial charge in [0.15, 0.2) is 5.96 Å². The molecule has 156 valence electrons. The fourth-order valence-electron chi connectivity index (χ4n) is 5.28. The van der Waals surface area contributed by atoms with E-state index in [1.807, 2.05) is 0 Å². The summed E-state index contributed by atoms with van der Waals surface area (Å²) >= 11 is 0. The van der Waals surface area contributed by atoms with Crippen LogP contribution in [0.15, 0.2) is 17.1 Å². The van der Waals surface area contributed by atoms with Gasteiger partial charge in [-0.25, -0.2) is 0 Å². The van der Waals surface area contributed by atoms with E-state index in [-0.39, 0.29) is 59.5 Å². The van der Waals surface area contributed by atoms with Gasteiger partial charge in [0.25, 0.3) is 0 Å². The Kier molecular flexibility index (Phi) is 7.01. The van der Waals surface area contributed by atoms with Crippen LogP contribution in [0.25, 0.3) is 0 Å². The van der Waals surface area contributed by atoms with Crippen molar-refractivity contribution >= 4 is 41.8 Å². The van der Waals surface area contributed by atoms with Gasteiger partial charge in [0.05, 0.1) is 11.8 Å². The predicted molar refractivity (Wildman–Crippen MR) is 119 cm³/mol. The summed E-state index contributed by atoms with van der Waals surface area (Å²) in [6.07, 6.45) is 7.23. The summed E-state index contributed by atoms with van der Waals surface area (Å²) in [5, 5.41) is 6.69. The Morgan fingerprint density at radius 3 is 2.43 bits per heavy atom. The molecule has 8 heteroatoms. The van der Waals surface area contributed by atoms with Crippen LogP contribution in [0.1, 0.15) is 19.3 Å². The van der Waals surface area contributed by atoms with E-state index >= 15 is 0 Å². The summed E-state index contributed by atoms with van der Waals surface area (Å²) in [5.74, 6) is 1.97. The molecule has 4 rings (SSSR count). The van der Waals surface area contributed by atoms with Gasteiger partial charge in [-0.05, 0) is 50.6 Å². The second-order valence-electron chi connectivity index (χ2n) is 8.48. The molecule has 28 heavy (non-hydrogen) atoms. The number of carbonyl (C=O) groups is 2. The quantitative estimate of drug-likeness (QED) is 0.141. The van der Waals surface area contributed by atoms with Crippen molar-refractivity contribution in [1.29, 1.82) is 0 Å². The van der Waals surface area contributed by atoms with Crippen LogP contribution in [0.5, 0.6) is 0 Å². The third-order valence-electron chi connectivity index (χ3n) is 6.68. The number of allylic oxidation sites excluding steroid dienone is 2. The number of amides is 2. The lowest BCUT2D eigenvalue weighted by Crippen LogP contribution is -2.41. The number of imide groups is 1. The molecule has 2 bridgehead atoms. The highest BCUT2D eigenvalue weighted by molar-refractivity contribution is 14.0. The van der Waals surface area contributed by atoms with E-state index in [2.05, 4.69) is 39.7 Å². The number of likely N-dealkylation sites (tertiary alicyclic amines) is 2. The van der Waals surface area contributed by atoms with Gasteiger partial charge in [-0.15, -0.1) is 24.0 Å². The lowest BCUT2D eigenvalue weighted by Gasteiger charge is -2.18. The molecule has 0 radical (unpaired) electrons. The summed E-state index contributed by atoms with van der Waals surface area (Å²) in [5.41, 5.74) is 0. The van der Waals surface area contributed by atoms with Crippen molar-refractivity contribution in [2.24, 2.45) is 34.6 Å². The zero-order valence-corrected chi connectivity index (χ0v) is 19.1. The molecule has 2 heterocycles. The second-order valence-corrected chi connectivity index (χ2v) is 8.48. The Hall–Kier alpha value is -1.16. The monoisotopic (exact) mass is 501 g/mol. The van der Waals surface area contributed by atoms with Crippen LogP contribution >= 0.6 is 24.0 Å². The molecule has 0 aromatic carbocycles. The standard InChI is InChI=1S/C20H31N5O2.HI/c1-21-20(23-11-13-6-9-24(2)12-13)22-7-3-8-25-18(26)16-14-4-5-15(10-14)17(16)19(25)27;/h4-5,13-17H,3,6-12H2,1-2H3,(H2,21,22,23);1H. The molecule has 0 spiro atoms. The van der Waals surface area contributed by atoms with Gasteiger partial charge in [0.2, 0.25) is 11.8 Å². The third-order valence-corrected chi connectivity index (χ3v) is 6.68. The summed E-state index contributed by atoms with van der Waals surface area (Å²) in [6.45, 7) is 4.41. The first-order valence-corrected chi connectivity index (χ1v) is 10.2. The minimum Gasteiger partial charge on any atom is -0.356 e. The highest BCUT2D eigenvalue weighted by Gasteiger charge is 2.58. The van der Waals surface area contributed by atoms with Gasteiger partial charge in [0, 0.05) is 33.2 Å². The van der Waals surface area contributed by atoms with Crippen LogP contribution < -0.4 is 10.6 Å². The Bertz CT molecular complexity index is 637. The first kappa shape index (κ1) is 21.5. The zero-order chi connectivity index (χ0) is 19.0. The fraction of sp³-hybridized carbons (Fsp3) is 0.750. The van der Waals surface area contributed by atoms with E-state index in [1.54, 1.807) is 7.05 Å². The molecular formula is C20H32IN5O2. The zero-order valence-electron chi connectivity index (χ0n) is 16.8. The lowest BCUT2D eigenvalue weighted by molar-refractivity contribution is -0.140. The average Bonchev–Trinajstić information content (AvgIpc) is 3.42. The molecule has 7 nitrogen and oxygen atoms in total. The lowest BCUT2D eigenvalue weighted by atomic mass is 9.85. The summed E-state index contributed by atoms with van der Waals surface area (Å²) in [6, 6.07) is 0. The van der Waals surface area contributed by atoms with Crippen molar-refractivity contribution in [3.63, 3.8) is 0 Å². The molecule has 5 unspecified atom stereocenters. The molecule has 2 aliphatic heterocycles. The molecule has 2 saturated heterocycles. The van der Waals surface area contributed by atoms with Crippen LogP contribution in [0, 0.1) is 29.6 Å². The molecule has 1 saturated carbocycles. The molecule has 4 aliphatic rings. The Morgan fingerprint density at radius 1 is 1.18 bits per heavy atom. The highest BCUT2D eigenvalue weighted by Crippen LogP contribution is 2.52. The number of hydrogen-bond acceptors (Lipinski definition) is 4. The first-order chi connectivity index (χ1) is 13.1. The van der Waals surface area contributed by atoms with Crippen molar-refractivity contribution in [1.82, 2.24) is 20.4 Å². The Labute approximate surface area is 184 Å². The molecular weight excluding hydrogens is 469 g/mol. The molecule has 5 atom stereocenters. The molecule has 2 amide bonds. The minimum absolute atomic E-state index is 0. The highest BCUT2D eigenvalue weighted by atomic mass is 127. The molecule has 2 N–H and O–H groups in total. The van der Waals surface area contributed by atoms with E-state index < -0.39 is 0 Å². The molecule has 0 aromatic rings.